The molecule has 0 unspecified atom stereocenters. The van der Waals surface area contributed by atoms with Gasteiger partial charge in [0, 0.05) is 32.7 Å². The third-order valence-corrected chi connectivity index (χ3v) is 4.03. The first-order chi connectivity index (χ1) is 9.65. The second-order valence-corrected chi connectivity index (χ2v) is 5.80. The number of anilines is 2. The van der Waals surface area contributed by atoms with Crippen molar-refractivity contribution in [3.05, 3.63) is 16.1 Å². The number of piperazine rings is 1. The van der Waals surface area contributed by atoms with Gasteiger partial charge >= 0.3 is 0 Å². The van der Waals surface area contributed by atoms with E-state index in [9.17, 15) is 0 Å². The molecule has 1 aromatic rings. The van der Waals surface area contributed by atoms with Crippen molar-refractivity contribution >= 4 is 34.8 Å². The van der Waals surface area contributed by atoms with Crippen molar-refractivity contribution in [1.82, 2.24) is 9.88 Å². The molecule has 1 aromatic heterocycles. The summed E-state index contributed by atoms with van der Waals surface area (Å²) in [6.07, 6.45) is 1.20. The van der Waals surface area contributed by atoms with Crippen LogP contribution in [0.15, 0.2) is 6.07 Å². The Balaban J connectivity index is 2.11. The average molecular weight is 317 g/mol. The molecule has 0 atom stereocenters. The minimum absolute atomic E-state index is 0.574. The van der Waals surface area contributed by atoms with Crippen molar-refractivity contribution in [3.8, 4) is 0 Å². The lowest BCUT2D eigenvalue weighted by Gasteiger charge is -2.35. The Morgan fingerprint density at radius 1 is 1.15 bits per heavy atom. The summed E-state index contributed by atoms with van der Waals surface area (Å²) in [5.41, 5.74) is 0. The van der Waals surface area contributed by atoms with Crippen LogP contribution in [0.1, 0.15) is 20.3 Å². The highest BCUT2D eigenvalue weighted by atomic mass is 35.5. The summed E-state index contributed by atoms with van der Waals surface area (Å²) >= 11 is 12.4. The summed E-state index contributed by atoms with van der Waals surface area (Å²) in [6.45, 7) is 10.2. The van der Waals surface area contributed by atoms with Gasteiger partial charge in [-0.1, -0.05) is 30.1 Å². The van der Waals surface area contributed by atoms with Gasteiger partial charge in [-0.25, -0.2) is 4.98 Å². The van der Waals surface area contributed by atoms with Gasteiger partial charge in [-0.05, 0) is 26.0 Å². The zero-order valence-electron chi connectivity index (χ0n) is 12.1. The maximum Gasteiger partial charge on any atom is 0.150 e. The number of pyridine rings is 1. The molecule has 0 bridgehead atoms. The van der Waals surface area contributed by atoms with Gasteiger partial charge in [-0.2, -0.15) is 0 Å². The fourth-order valence-electron chi connectivity index (χ4n) is 2.47. The van der Waals surface area contributed by atoms with Crippen LogP contribution in [0, 0.1) is 0 Å². The number of aromatic nitrogens is 1. The Hall–Kier alpha value is -0.710. The molecule has 0 aliphatic carbocycles. The number of rotatable bonds is 5. The molecule has 1 aliphatic rings. The van der Waals surface area contributed by atoms with Crippen molar-refractivity contribution < 1.29 is 0 Å². The van der Waals surface area contributed by atoms with Gasteiger partial charge in [0.15, 0.2) is 0 Å². The fraction of sp³-hybridized carbons (Fsp3) is 0.643. The summed E-state index contributed by atoms with van der Waals surface area (Å²) in [6, 6.07) is 1.78. The van der Waals surface area contributed by atoms with Gasteiger partial charge in [-0.15, -0.1) is 0 Å². The normalized spacial score (nSPS) is 16.5. The highest BCUT2D eigenvalue weighted by molar-refractivity contribution is 6.37. The van der Waals surface area contributed by atoms with Gasteiger partial charge in [0.05, 0.1) is 10.0 Å². The number of nitrogens with zero attached hydrogens (tertiary/aromatic N) is 3. The number of hydrogen-bond acceptors (Lipinski definition) is 4. The van der Waals surface area contributed by atoms with Gasteiger partial charge in [0.25, 0.3) is 0 Å². The van der Waals surface area contributed by atoms with Crippen molar-refractivity contribution in [2.75, 3.05) is 49.5 Å². The van der Waals surface area contributed by atoms with Crippen LogP contribution in [-0.4, -0.2) is 49.2 Å². The molecule has 4 nitrogen and oxygen atoms in total. The fourth-order valence-corrected chi connectivity index (χ4v) is 3.01. The Kier molecular flexibility index (Phi) is 5.75. The van der Waals surface area contributed by atoms with Crippen LogP contribution >= 0.6 is 23.2 Å². The molecule has 112 valence electrons. The Morgan fingerprint density at radius 3 is 2.45 bits per heavy atom. The monoisotopic (exact) mass is 316 g/mol. The molecule has 0 spiro atoms. The van der Waals surface area contributed by atoms with Crippen LogP contribution in [0.25, 0.3) is 0 Å². The summed E-state index contributed by atoms with van der Waals surface area (Å²) in [5.74, 6) is 1.55. The molecule has 0 radical (unpaired) electrons. The first-order valence-corrected chi connectivity index (χ1v) is 7.98. The van der Waals surface area contributed by atoms with E-state index in [1.54, 1.807) is 6.07 Å². The molecular formula is C14H22Cl2N4. The lowest BCUT2D eigenvalue weighted by Crippen LogP contribution is -2.47. The van der Waals surface area contributed by atoms with Crippen LogP contribution in [0.3, 0.4) is 0 Å². The van der Waals surface area contributed by atoms with E-state index in [2.05, 4.69) is 27.0 Å². The summed E-state index contributed by atoms with van der Waals surface area (Å²) in [5, 5.41) is 4.37. The molecule has 1 fully saturated rings. The van der Waals surface area contributed by atoms with E-state index in [1.165, 1.54) is 6.42 Å². The predicted octanol–water partition coefficient (Wildman–Crippen LogP) is 3.35. The molecule has 2 rings (SSSR count). The summed E-state index contributed by atoms with van der Waals surface area (Å²) in [7, 11) is 0. The van der Waals surface area contributed by atoms with Crippen LogP contribution < -0.4 is 10.2 Å². The van der Waals surface area contributed by atoms with Crippen molar-refractivity contribution in [3.63, 3.8) is 0 Å². The minimum atomic E-state index is 0.574. The lowest BCUT2D eigenvalue weighted by molar-refractivity contribution is 0.258. The third-order valence-electron chi connectivity index (χ3n) is 3.47. The molecule has 1 N–H and O–H groups in total. The average Bonchev–Trinajstić information content (AvgIpc) is 2.43. The van der Waals surface area contributed by atoms with Gasteiger partial charge in [-0.3, -0.25) is 4.90 Å². The highest BCUT2D eigenvalue weighted by Crippen LogP contribution is 2.31. The Bertz CT molecular complexity index is 445. The molecule has 2 heterocycles. The summed E-state index contributed by atoms with van der Waals surface area (Å²) in [4.78, 5) is 9.31. The maximum atomic E-state index is 6.30. The smallest absolute Gasteiger partial charge is 0.150 e. The molecule has 0 aromatic carbocycles. The van der Waals surface area contributed by atoms with E-state index >= 15 is 0 Å². The van der Waals surface area contributed by atoms with Gasteiger partial charge in [0.2, 0.25) is 0 Å². The predicted molar refractivity (Wildman–Crippen MR) is 87.4 cm³/mol. The van der Waals surface area contributed by atoms with Crippen LogP contribution in [0.4, 0.5) is 11.6 Å². The lowest BCUT2D eigenvalue weighted by atomic mass is 10.3. The van der Waals surface area contributed by atoms with Crippen LogP contribution in [0.5, 0.6) is 0 Å². The van der Waals surface area contributed by atoms with Gasteiger partial charge < -0.3 is 10.2 Å². The Morgan fingerprint density at radius 2 is 1.85 bits per heavy atom. The van der Waals surface area contributed by atoms with E-state index < -0.39 is 0 Å². The highest BCUT2D eigenvalue weighted by Gasteiger charge is 2.20. The number of halogens is 2. The first-order valence-electron chi connectivity index (χ1n) is 7.23. The molecule has 6 heteroatoms. The molecule has 1 saturated heterocycles. The van der Waals surface area contributed by atoms with Crippen molar-refractivity contribution in [1.29, 1.82) is 0 Å². The maximum absolute atomic E-state index is 6.30. The standard InChI is InChI=1S/C14H22Cl2N4/c1-3-5-19-6-8-20(9-7-19)14-12(16)10-11(15)13(18-14)17-4-2/h10H,3-9H2,1-2H3,(H,17,18). The molecule has 0 saturated carbocycles. The van der Waals surface area contributed by atoms with E-state index in [4.69, 9.17) is 23.2 Å². The SMILES string of the molecule is CCCN1CCN(c2nc(NCC)c(Cl)cc2Cl)CC1. The zero-order valence-corrected chi connectivity index (χ0v) is 13.6. The topological polar surface area (TPSA) is 31.4 Å². The molecule has 0 amide bonds. The van der Waals surface area contributed by atoms with E-state index in [0.717, 1.165) is 45.1 Å². The van der Waals surface area contributed by atoms with E-state index in [1.807, 2.05) is 6.92 Å². The second kappa shape index (κ2) is 7.34. The first kappa shape index (κ1) is 15.7. The second-order valence-electron chi connectivity index (χ2n) is 4.98. The minimum Gasteiger partial charge on any atom is -0.369 e. The molecular weight excluding hydrogens is 295 g/mol. The Labute approximate surface area is 131 Å². The molecule has 1 aliphatic heterocycles. The third kappa shape index (κ3) is 3.68. The van der Waals surface area contributed by atoms with Crippen LogP contribution in [-0.2, 0) is 0 Å². The van der Waals surface area contributed by atoms with Crippen molar-refractivity contribution in [2.24, 2.45) is 0 Å². The number of hydrogen-bond donors (Lipinski definition) is 1. The largest absolute Gasteiger partial charge is 0.369 e. The van der Waals surface area contributed by atoms with E-state index in [0.29, 0.717) is 15.9 Å². The van der Waals surface area contributed by atoms with Gasteiger partial charge in [0.1, 0.15) is 11.6 Å². The van der Waals surface area contributed by atoms with E-state index in [-0.39, 0.29) is 0 Å². The van der Waals surface area contributed by atoms with Crippen molar-refractivity contribution in [2.45, 2.75) is 20.3 Å². The molecule has 20 heavy (non-hydrogen) atoms. The summed E-state index contributed by atoms with van der Waals surface area (Å²) < 4.78 is 0. The zero-order chi connectivity index (χ0) is 14.5. The quantitative estimate of drug-likeness (QED) is 0.902. The van der Waals surface area contributed by atoms with Crippen LogP contribution in [0.2, 0.25) is 10.0 Å². The number of nitrogens with one attached hydrogen (secondary N) is 1.